The van der Waals surface area contributed by atoms with E-state index < -0.39 is 48.0 Å². The number of hydrogen-bond acceptors (Lipinski definition) is 13. The van der Waals surface area contributed by atoms with Gasteiger partial charge in [-0.25, -0.2) is 4.98 Å². The molecule has 348 valence electrons. The van der Waals surface area contributed by atoms with Gasteiger partial charge in [0.05, 0.1) is 36.7 Å². The number of alkyl halides is 2. The number of benzene rings is 2. The molecule has 1 aromatic heterocycles. The smallest absolute Gasteiger partial charge is 0.342 e. The number of imide groups is 2. The summed E-state index contributed by atoms with van der Waals surface area (Å²) >= 11 is 0. The Morgan fingerprint density at radius 1 is 0.970 bits per heavy atom. The predicted molar refractivity (Wildman–Crippen MR) is 234 cm³/mol. The summed E-state index contributed by atoms with van der Waals surface area (Å²) in [4.78, 5) is 107. The largest absolute Gasteiger partial charge is 0.495 e. The van der Waals surface area contributed by atoms with Crippen molar-refractivity contribution < 1.29 is 47.1 Å². The number of carbonyl (C=O) groups excluding carboxylic acids is 7. The lowest BCUT2D eigenvalue weighted by Crippen LogP contribution is -2.54. The Bertz CT molecular complexity index is 2490. The topological polar surface area (TPSA) is 207 Å². The van der Waals surface area contributed by atoms with Gasteiger partial charge in [-0.1, -0.05) is 25.0 Å². The number of nitrogens with one attached hydrogen (secondary N) is 3. The van der Waals surface area contributed by atoms with Crippen LogP contribution >= 0.6 is 0 Å². The number of fused-ring (bicyclic) bond motifs is 2. The van der Waals surface area contributed by atoms with E-state index in [0.717, 1.165) is 35.7 Å². The molecule has 6 heterocycles. The average Bonchev–Trinajstić information content (AvgIpc) is 3.91. The van der Waals surface area contributed by atoms with Crippen LogP contribution < -0.4 is 30.5 Å². The van der Waals surface area contributed by atoms with E-state index in [2.05, 4.69) is 30.8 Å². The lowest BCUT2D eigenvalue weighted by molar-refractivity contribution is -0.140. The number of amides is 7. The molecular formula is C46H52F2N10O8. The van der Waals surface area contributed by atoms with Crippen molar-refractivity contribution in [1.82, 2.24) is 35.3 Å². The molecule has 3 saturated heterocycles. The average molecular weight is 911 g/mol. The third-order valence-corrected chi connectivity index (χ3v) is 13.8. The summed E-state index contributed by atoms with van der Waals surface area (Å²) in [6, 6.07) is 8.65. The minimum atomic E-state index is -3.60. The van der Waals surface area contributed by atoms with E-state index in [9.17, 15) is 33.6 Å². The Hall–Kier alpha value is -6.57. The molecule has 20 heteroatoms. The van der Waals surface area contributed by atoms with Crippen molar-refractivity contribution in [3.05, 3.63) is 64.8 Å². The number of rotatable bonds is 12. The second-order valence-corrected chi connectivity index (χ2v) is 18.1. The Morgan fingerprint density at radius 2 is 1.73 bits per heavy atom. The van der Waals surface area contributed by atoms with Gasteiger partial charge in [0.25, 0.3) is 23.6 Å². The molecule has 1 unspecified atom stereocenters. The molecule has 3 aromatic rings. The summed E-state index contributed by atoms with van der Waals surface area (Å²) in [5, 5.41) is 8.40. The molecule has 9 rings (SSSR count). The number of anilines is 4. The van der Waals surface area contributed by atoms with Gasteiger partial charge in [-0.15, -0.1) is 0 Å². The van der Waals surface area contributed by atoms with Crippen LogP contribution in [0.4, 0.5) is 31.9 Å². The first-order valence-electron chi connectivity index (χ1n) is 22.6. The lowest BCUT2D eigenvalue weighted by atomic mass is 9.92. The van der Waals surface area contributed by atoms with E-state index >= 15 is 8.78 Å². The second kappa shape index (κ2) is 18.0. The predicted octanol–water partition coefficient (Wildman–Crippen LogP) is 3.62. The highest BCUT2D eigenvalue weighted by Gasteiger charge is 2.49. The summed E-state index contributed by atoms with van der Waals surface area (Å²) in [6.45, 7) is 2.16. The van der Waals surface area contributed by atoms with Crippen LogP contribution in [-0.2, 0) is 25.7 Å². The third-order valence-electron chi connectivity index (χ3n) is 13.8. The maximum Gasteiger partial charge on any atom is 0.342 e. The van der Waals surface area contributed by atoms with E-state index in [1.54, 1.807) is 30.3 Å². The zero-order valence-corrected chi connectivity index (χ0v) is 36.8. The summed E-state index contributed by atoms with van der Waals surface area (Å²) in [5.41, 5.74) is 2.25. The molecule has 0 bridgehead atoms. The van der Waals surface area contributed by atoms with Crippen molar-refractivity contribution in [3.63, 3.8) is 0 Å². The third kappa shape index (κ3) is 8.65. The molecular weight excluding hydrogens is 859 g/mol. The van der Waals surface area contributed by atoms with Gasteiger partial charge in [-0.2, -0.15) is 13.8 Å². The van der Waals surface area contributed by atoms with Crippen LogP contribution in [0.25, 0.3) is 0 Å². The zero-order chi connectivity index (χ0) is 46.4. The Balaban J connectivity index is 0.735. The lowest BCUT2D eigenvalue weighted by Gasteiger charge is -2.40. The first kappa shape index (κ1) is 44.6. The van der Waals surface area contributed by atoms with Gasteiger partial charge in [0, 0.05) is 70.3 Å². The molecule has 3 N–H and O–H groups in total. The van der Waals surface area contributed by atoms with Gasteiger partial charge in [-0.3, -0.25) is 48.7 Å². The van der Waals surface area contributed by atoms with Crippen molar-refractivity contribution in [2.75, 3.05) is 62.0 Å². The second-order valence-electron chi connectivity index (χ2n) is 18.1. The van der Waals surface area contributed by atoms with E-state index in [4.69, 9.17) is 4.74 Å². The fraction of sp³-hybridized carbons (Fsp3) is 0.500. The summed E-state index contributed by atoms with van der Waals surface area (Å²) in [7, 11) is 2.76. The highest BCUT2D eigenvalue weighted by Crippen LogP contribution is 2.40. The monoisotopic (exact) mass is 910 g/mol. The number of ether oxygens (including phenoxy) is 1. The van der Waals surface area contributed by atoms with E-state index in [-0.39, 0.29) is 59.8 Å². The van der Waals surface area contributed by atoms with Gasteiger partial charge in [0.1, 0.15) is 17.5 Å². The summed E-state index contributed by atoms with van der Waals surface area (Å²) in [6.07, 6.45) is 7.03. The quantitative estimate of drug-likeness (QED) is 0.223. The molecule has 1 atom stereocenters. The number of methoxy groups -OCH3 is 1. The van der Waals surface area contributed by atoms with Crippen LogP contribution in [0.2, 0.25) is 0 Å². The normalized spacial score (nSPS) is 21.6. The number of aromatic nitrogens is 2. The standard InChI is InChI=1S/C46H52F2N10O8/c1-54-34-21-49-45(53-39(34)57(30-7-3-4-8-30)25-46(47,48)44(54)65)51-32-12-11-27(20-35(32)66-2)40(61)50-29-16-18-56(19-17-29)37(60)15-10-26-22-55(23-26)24-28-6-5-9-31-38(28)43(64)58(42(31)63)33-13-14-36(59)52-41(33)62/h5-6,9,11-12,20-21,26,29-30,33H,3-4,7-8,10,13-19,22-25H2,1-2H3,(H,50,61)(H,49,51,53)(H,52,59,62). The van der Waals surface area contributed by atoms with Crippen molar-refractivity contribution in [3.8, 4) is 5.75 Å². The fourth-order valence-corrected chi connectivity index (χ4v) is 10.1. The molecule has 0 radical (unpaired) electrons. The van der Waals surface area contributed by atoms with Crippen LogP contribution in [0.15, 0.2) is 42.6 Å². The van der Waals surface area contributed by atoms with Crippen molar-refractivity contribution in [1.29, 1.82) is 0 Å². The molecule has 4 fully saturated rings. The van der Waals surface area contributed by atoms with Gasteiger partial charge in [-0.05, 0) is 74.3 Å². The highest BCUT2D eigenvalue weighted by molar-refractivity contribution is 6.24. The molecule has 6 aliphatic rings. The Kier molecular flexibility index (Phi) is 12.2. The number of likely N-dealkylation sites (tertiary alicyclic amines) is 2. The summed E-state index contributed by atoms with van der Waals surface area (Å²) < 4.78 is 35.7. The number of nitrogens with zero attached hydrogens (tertiary/aromatic N) is 7. The molecule has 2 aromatic carbocycles. The van der Waals surface area contributed by atoms with Gasteiger partial charge < -0.3 is 30.1 Å². The molecule has 66 heavy (non-hydrogen) atoms. The van der Waals surface area contributed by atoms with E-state index in [0.29, 0.717) is 92.2 Å². The van der Waals surface area contributed by atoms with E-state index in [1.807, 2.05) is 11.0 Å². The summed E-state index contributed by atoms with van der Waals surface area (Å²) in [5.74, 6) is -6.29. The van der Waals surface area contributed by atoms with Gasteiger partial charge in [0.2, 0.25) is 23.7 Å². The minimum absolute atomic E-state index is 0.0534. The first-order valence-corrected chi connectivity index (χ1v) is 22.6. The maximum atomic E-state index is 15.1. The molecule has 0 spiro atoms. The SMILES string of the molecule is COc1cc(C(=O)NC2CCN(C(=O)CCC3CN(Cc4cccc5c4C(=O)N(C4CCC(=O)NC4=O)C5=O)C3)CC2)ccc1Nc1ncc2c(n1)N(C1CCCC1)CC(F)(F)C(=O)N2C. The number of carbonyl (C=O) groups is 7. The maximum absolute atomic E-state index is 15.1. The molecule has 1 saturated carbocycles. The molecule has 5 aliphatic heterocycles. The Morgan fingerprint density at radius 3 is 2.45 bits per heavy atom. The van der Waals surface area contributed by atoms with Crippen molar-refractivity contribution in [2.45, 2.75) is 94.8 Å². The van der Waals surface area contributed by atoms with Crippen LogP contribution in [0, 0.1) is 5.92 Å². The minimum Gasteiger partial charge on any atom is -0.495 e. The van der Waals surface area contributed by atoms with Crippen molar-refractivity contribution in [2.24, 2.45) is 5.92 Å². The molecule has 18 nitrogen and oxygen atoms in total. The first-order chi connectivity index (χ1) is 31.7. The van der Waals surface area contributed by atoms with Gasteiger partial charge >= 0.3 is 5.92 Å². The number of piperidine rings is 2. The van der Waals surface area contributed by atoms with Crippen LogP contribution in [0.5, 0.6) is 5.75 Å². The van der Waals surface area contributed by atoms with Crippen LogP contribution in [-0.4, -0.2) is 137 Å². The van der Waals surface area contributed by atoms with Crippen LogP contribution in [0.3, 0.4) is 0 Å². The highest BCUT2D eigenvalue weighted by atomic mass is 19.3. The number of hydrogen-bond donors (Lipinski definition) is 3. The van der Waals surface area contributed by atoms with E-state index in [1.165, 1.54) is 25.3 Å². The number of halogens is 2. The zero-order valence-electron chi connectivity index (χ0n) is 36.8. The molecule has 7 amide bonds. The Labute approximate surface area is 379 Å². The fourth-order valence-electron chi connectivity index (χ4n) is 10.1. The van der Waals surface area contributed by atoms with Crippen LogP contribution in [0.1, 0.15) is 101 Å². The molecule has 1 aliphatic carbocycles. The van der Waals surface area contributed by atoms with Gasteiger partial charge in [0.15, 0.2) is 5.82 Å². The van der Waals surface area contributed by atoms with Crippen molar-refractivity contribution >= 4 is 64.5 Å².